The zero-order valence-electron chi connectivity index (χ0n) is 14.1. The maximum Gasteiger partial charge on any atom is 0.164 e. The Hall–Kier alpha value is -2.45. The third kappa shape index (κ3) is 2.95. The van der Waals surface area contributed by atoms with Crippen molar-refractivity contribution in [1.29, 1.82) is 0 Å². The predicted octanol–water partition coefficient (Wildman–Crippen LogP) is 1.26. The fourth-order valence-corrected chi connectivity index (χ4v) is 3.31. The van der Waals surface area contributed by atoms with E-state index in [4.69, 9.17) is 4.74 Å². The number of anilines is 1. The third-order valence-corrected chi connectivity index (χ3v) is 4.72. The Kier molecular flexibility index (Phi) is 4.60. The molecule has 4 rings (SSSR count). The van der Waals surface area contributed by atoms with Gasteiger partial charge in [-0.2, -0.15) is 0 Å². The molecule has 0 spiro atoms. The lowest BCUT2D eigenvalue weighted by Gasteiger charge is -2.17. The van der Waals surface area contributed by atoms with Gasteiger partial charge in [-0.3, -0.25) is 0 Å². The Balaban J connectivity index is 1.61. The largest absolute Gasteiger partial charge is 0.394 e. The topological polar surface area (TPSA) is 99.8 Å². The first kappa shape index (κ1) is 17.0. The smallest absolute Gasteiger partial charge is 0.164 e. The summed E-state index contributed by atoms with van der Waals surface area (Å²) in [5.74, 6) is 0. The summed E-state index contributed by atoms with van der Waals surface area (Å²) in [5, 5.41) is 32.9. The van der Waals surface area contributed by atoms with E-state index in [-0.39, 0.29) is 6.61 Å². The zero-order valence-corrected chi connectivity index (χ0v) is 14.1. The lowest BCUT2D eigenvalue weighted by atomic mass is 10.1. The van der Waals surface area contributed by atoms with Crippen molar-refractivity contribution < 1.29 is 20.1 Å². The average molecular weight is 355 g/mol. The first-order chi connectivity index (χ1) is 12.7. The van der Waals surface area contributed by atoms with E-state index < -0.39 is 24.5 Å². The average Bonchev–Trinajstić information content (AvgIpc) is 3.23. The van der Waals surface area contributed by atoms with E-state index in [9.17, 15) is 15.3 Å². The van der Waals surface area contributed by atoms with Crippen LogP contribution in [0.2, 0.25) is 0 Å². The quantitative estimate of drug-likeness (QED) is 0.550. The summed E-state index contributed by atoms with van der Waals surface area (Å²) in [6.45, 7) is 0.311. The number of nitrogens with one attached hydrogen (secondary N) is 1. The van der Waals surface area contributed by atoms with Crippen LogP contribution >= 0.6 is 0 Å². The van der Waals surface area contributed by atoms with Crippen LogP contribution in [0.25, 0.3) is 11.0 Å². The van der Waals surface area contributed by atoms with Gasteiger partial charge in [0.1, 0.15) is 23.8 Å². The molecule has 136 valence electrons. The highest BCUT2D eigenvalue weighted by Gasteiger charge is 2.43. The van der Waals surface area contributed by atoms with Gasteiger partial charge < -0.3 is 29.9 Å². The number of fused-ring (bicyclic) bond motifs is 1. The van der Waals surface area contributed by atoms with Crippen molar-refractivity contribution in [3.05, 3.63) is 60.4 Å². The van der Waals surface area contributed by atoms with Crippen LogP contribution in [-0.2, 0) is 11.3 Å². The molecule has 0 radical (unpaired) electrons. The standard InChI is InChI=1S/C19H21N3O4/c23-10-15-17(24)18(25)19(26-15)22-11-21-16-13(7-4-8-14(16)22)20-9-12-5-2-1-3-6-12/h1-8,11,15,17-20,23-25H,9-10H2/t15-,17-,18-,19?/m1/s1. The van der Waals surface area contributed by atoms with Gasteiger partial charge in [-0.05, 0) is 17.7 Å². The van der Waals surface area contributed by atoms with Gasteiger partial charge in [-0.25, -0.2) is 4.98 Å². The predicted molar refractivity (Wildman–Crippen MR) is 96.5 cm³/mol. The first-order valence-corrected chi connectivity index (χ1v) is 8.55. The van der Waals surface area contributed by atoms with Gasteiger partial charge in [-0.1, -0.05) is 36.4 Å². The summed E-state index contributed by atoms with van der Waals surface area (Å²) in [6, 6.07) is 15.8. The number of rotatable bonds is 5. The number of benzene rings is 2. The normalized spacial score (nSPS) is 25.7. The zero-order chi connectivity index (χ0) is 18.1. The van der Waals surface area contributed by atoms with Crippen molar-refractivity contribution in [2.24, 2.45) is 0 Å². The first-order valence-electron chi connectivity index (χ1n) is 8.55. The van der Waals surface area contributed by atoms with Crippen LogP contribution < -0.4 is 5.32 Å². The number of hydrogen-bond acceptors (Lipinski definition) is 6. The maximum absolute atomic E-state index is 10.3. The second-order valence-electron chi connectivity index (χ2n) is 6.39. The fraction of sp³-hybridized carbons (Fsp3) is 0.316. The third-order valence-electron chi connectivity index (χ3n) is 4.72. The van der Waals surface area contributed by atoms with Crippen molar-refractivity contribution in [2.75, 3.05) is 11.9 Å². The highest BCUT2D eigenvalue weighted by Crippen LogP contribution is 2.33. The molecule has 4 atom stereocenters. The number of aliphatic hydroxyl groups excluding tert-OH is 3. The van der Waals surface area contributed by atoms with Gasteiger partial charge in [0.25, 0.3) is 0 Å². The van der Waals surface area contributed by atoms with Crippen molar-refractivity contribution >= 4 is 16.7 Å². The van der Waals surface area contributed by atoms with E-state index in [0.717, 1.165) is 22.3 Å². The molecule has 7 nitrogen and oxygen atoms in total. The number of aliphatic hydroxyl groups is 3. The molecule has 2 aromatic carbocycles. The van der Waals surface area contributed by atoms with Gasteiger partial charge in [0, 0.05) is 6.54 Å². The number of aromatic nitrogens is 2. The van der Waals surface area contributed by atoms with Crippen molar-refractivity contribution in [2.45, 2.75) is 31.1 Å². The molecule has 1 unspecified atom stereocenters. The van der Waals surface area contributed by atoms with Crippen LogP contribution in [0.4, 0.5) is 5.69 Å². The molecule has 4 N–H and O–H groups in total. The molecule has 2 heterocycles. The Bertz CT molecular complexity index is 883. The maximum atomic E-state index is 10.3. The molecule has 3 aromatic rings. The summed E-state index contributed by atoms with van der Waals surface area (Å²) >= 11 is 0. The van der Waals surface area contributed by atoms with Crippen LogP contribution in [-0.4, -0.2) is 49.8 Å². The van der Waals surface area contributed by atoms with E-state index in [1.807, 2.05) is 48.5 Å². The van der Waals surface area contributed by atoms with Gasteiger partial charge in [0.05, 0.1) is 24.1 Å². The Morgan fingerprint density at radius 2 is 1.85 bits per heavy atom. The second kappa shape index (κ2) is 7.05. The van der Waals surface area contributed by atoms with Crippen LogP contribution in [0.15, 0.2) is 54.9 Å². The molecule has 0 saturated carbocycles. The van der Waals surface area contributed by atoms with Crippen LogP contribution in [0, 0.1) is 0 Å². The van der Waals surface area contributed by atoms with Crippen molar-refractivity contribution in [1.82, 2.24) is 9.55 Å². The molecular weight excluding hydrogens is 334 g/mol. The summed E-state index contributed by atoms with van der Waals surface area (Å²) in [5.41, 5.74) is 3.56. The van der Waals surface area contributed by atoms with E-state index >= 15 is 0 Å². The van der Waals surface area contributed by atoms with Crippen molar-refractivity contribution in [3.63, 3.8) is 0 Å². The van der Waals surface area contributed by atoms with Crippen LogP contribution in [0.3, 0.4) is 0 Å². The molecule has 1 aliphatic rings. The molecule has 0 aliphatic carbocycles. The SMILES string of the molecule is OC[C@H]1OC(n2cnc3c(NCc4ccccc4)cccc32)[C@H](O)[C@@H]1O. The Labute approximate surface area is 150 Å². The summed E-state index contributed by atoms with van der Waals surface area (Å²) < 4.78 is 7.30. The number of nitrogens with zero attached hydrogens (tertiary/aromatic N) is 2. The summed E-state index contributed by atoms with van der Waals surface area (Å²) in [4.78, 5) is 4.45. The van der Waals surface area contributed by atoms with Gasteiger partial charge in [-0.15, -0.1) is 0 Å². The van der Waals surface area contributed by atoms with Gasteiger partial charge in [0.2, 0.25) is 0 Å². The number of hydrogen-bond donors (Lipinski definition) is 4. The monoisotopic (exact) mass is 355 g/mol. The minimum Gasteiger partial charge on any atom is -0.394 e. The van der Waals surface area contributed by atoms with Gasteiger partial charge >= 0.3 is 0 Å². The molecule has 1 aromatic heterocycles. The Morgan fingerprint density at radius 1 is 1.04 bits per heavy atom. The minimum absolute atomic E-state index is 0.356. The highest BCUT2D eigenvalue weighted by molar-refractivity contribution is 5.88. The highest BCUT2D eigenvalue weighted by atomic mass is 16.6. The van der Waals surface area contributed by atoms with Gasteiger partial charge in [0.15, 0.2) is 6.23 Å². The molecule has 26 heavy (non-hydrogen) atoms. The van der Waals surface area contributed by atoms with Crippen LogP contribution in [0.1, 0.15) is 11.8 Å². The van der Waals surface area contributed by atoms with Crippen LogP contribution in [0.5, 0.6) is 0 Å². The lowest BCUT2D eigenvalue weighted by Crippen LogP contribution is -2.33. The second-order valence-corrected chi connectivity index (χ2v) is 6.39. The summed E-state index contributed by atoms with van der Waals surface area (Å²) in [6.07, 6.45) is -2.30. The molecule has 1 saturated heterocycles. The van der Waals surface area contributed by atoms with E-state index in [0.29, 0.717) is 6.54 Å². The number of para-hydroxylation sites is 1. The Morgan fingerprint density at radius 3 is 2.58 bits per heavy atom. The molecule has 0 amide bonds. The van der Waals surface area contributed by atoms with E-state index in [1.54, 1.807) is 10.9 Å². The van der Waals surface area contributed by atoms with E-state index in [1.165, 1.54) is 0 Å². The summed E-state index contributed by atoms with van der Waals surface area (Å²) in [7, 11) is 0. The number of ether oxygens (including phenoxy) is 1. The fourth-order valence-electron chi connectivity index (χ4n) is 3.31. The molecule has 1 aliphatic heterocycles. The molecular formula is C19H21N3O4. The van der Waals surface area contributed by atoms with E-state index in [2.05, 4.69) is 10.3 Å². The number of imidazole rings is 1. The molecule has 0 bridgehead atoms. The van der Waals surface area contributed by atoms with Crippen molar-refractivity contribution in [3.8, 4) is 0 Å². The minimum atomic E-state index is -1.14. The molecule has 1 fully saturated rings. The lowest BCUT2D eigenvalue weighted by molar-refractivity contribution is -0.0508. The molecule has 7 heteroatoms.